The molecule has 1 amide bonds. The van der Waals surface area contributed by atoms with Crippen LogP contribution in [-0.2, 0) is 6.61 Å². The van der Waals surface area contributed by atoms with Gasteiger partial charge >= 0.3 is 5.91 Å². The van der Waals surface area contributed by atoms with Gasteiger partial charge in [0.05, 0.1) is 4.92 Å². The second-order valence-corrected chi connectivity index (χ2v) is 6.85. The number of benzene rings is 1. The van der Waals surface area contributed by atoms with Gasteiger partial charge in [0.2, 0.25) is 0 Å². The molecule has 2 rings (SSSR count). The predicted octanol–water partition coefficient (Wildman–Crippen LogP) is 2.84. The van der Waals surface area contributed by atoms with Crippen LogP contribution in [0.5, 0.6) is 5.75 Å². The SMILES string of the molecule is Cc1cc(OCc2ccc(C(=O)NNC(=S)NCC(C)C)o2)ccc1[N+](=O)[O-]. The van der Waals surface area contributed by atoms with E-state index in [9.17, 15) is 14.9 Å². The summed E-state index contributed by atoms with van der Waals surface area (Å²) in [6.45, 7) is 6.48. The molecular weight excluding hydrogens is 384 g/mol. The van der Waals surface area contributed by atoms with E-state index in [0.29, 0.717) is 34.6 Å². The highest BCUT2D eigenvalue weighted by molar-refractivity contribution is 7.80. The van der Waals surface area contributed by atoms with Crippen LogP contribution in [0.3, 0.4) is 0 Å². The molecule has 1 aromatic carbocycles. The van der Waals surface area contributed by atoms with Gasteiger partial charge < -0.3 is 14.5 Å². The monoisotopic (exact) mass is 406 g/mol. The number of nitro benzene ring substituents is 1. The number of rotatable bonds is 7. The number of hydrazine groups is 1. The molecule has 0 bridgehead atoms. The Labute approximate surface area is 167 Å². The normalized spacial score (nSPS) is 10.4. The largest absolute Gasteiger partial charge is 0.486 e. The van der Waals surface area contributed by atoms with Crippen LogP contribution < -0.4 is 20.9 Å². The fourth-order valence-electron chi connectivity index (χ4n) is 2.17. The van der Waals surface area contributed by atoms with E-state index in [1.54, 1.807) is 19.1 Å². The number of thiocarbonyl (C=S) groups is 1. The molecule has 0 spiro atoms. The molecule has 1 aromatic heterocycles. The summed E-state index contributed by atoms with van der Waals surface area (Å²) in [7, 11) is 0. The molecule has 9 nitrogen and oxygen atoms in total. The number of aryl methyl sites for hydroxylation is 1. The number of ether oxygens (including phenoxy) is 1. The Bertz CT molecular complexity index is 865. The number of furan rings is 1. The summed E-state index contributed by atoms with van der Waals surface area (Å²) in [4.78, 5) is 22.4. The summed E-state index contributed by atoms with van der Waals surface area (Å²) in [5, 5.41) is 14.1. The van der Waals surface area contributed by atoms with Gasteiger partial charge in [0.25, 0.3) is 5.69 Å². The Morgan fingerprint density at radius 2 is 2.04 bits per heavy atom. The third-order valence-corrected chi connectivity index (χ3v) is 3.84. The zero-order chi connectivity index (χ0) is 20.7. The molecule has 0 fully saturated rings. The molecule has 0 radical (unpaired) electrons. The fourth-order valence-corrected chi connectivity index (χ4v) is 2.31. The lowest BCUT2D eigenvalue weighted by molar-refractivity contribution is -0.385. The molecular formula is C18H22N4O5S. The van der Waals surface area contributed by atoms with Gasteiger partial charge in [-0.3, -0.25) is 25.8 Å². The molecule has 2 aromatic rings. The van der Waals surface area contributed by atoms with Crippen molar-refractivity contribution in [3.63, 3.8) is 0 Å². The van der Waals surface area contributed by atoms with E-state index in [-0.39, 0.29) is 18.1 Å². The van der Waals surface area contributed by atoms with Crippen LogP contribution in [0.15, 0.2) is 34.7 Å². The van der Waals surface area contributed by atoms with Crippen molar-refractivity contribution in [1.29, 1.82) is 0 Å². The lowest BCUT2D eigenvalue weighted by atomic mass is 10.2. The van der Waals surface area contributed by atoms with E-state index in [1.807, 2.05) is 13.8 Å². The van der Waals surface area contributed by atoms with Crippen molar-refractivity contribution in [2.75, 3.05) is 6.54 Å². The first-order chi connectivity index (χ1) is 13.3. The average Bonchev–Trinajstić information content (AvgIpc) is 3.11. The second kappa shape index (κ2) is 9.70. The molecule has 0 saturated carbocycles. The maximum Gasteiger partial charge on any atom is 0.305 e. The standard InChI is InChI=1S/C18H22N4O5S/c1-11(2)9-19-18(28)21-20-17(23)16-7-5-14(27-16)10-26-13-4-6-15(22(24)25)12(3)8-13/h4-8,11H,9-10H2,1-3H3,(H,20,23)(H2,19,21,28). The molecule has 0 aliphatic carbocycles. The highest BCUT2D eigenvalue weighted by atomic mass is 32.1. The number of hydrogen-bond acceptors (Lipinski definition) is 6. The summed E-state index contributed by atoms with van der Waals surface area (Å²) in [6.07, 6.45) is 0. The van der Waals surface area contributed by atoms with Gasteiger partial charge in [0.1, 0.15) is 18.1 Å². The van der Waals surface area contributed by atoms with Gasteiger partial charge in [0.15, 0.2) is 10.9 Å². The number of nitrogens with zero attached hydrogens (tertiary/aromatic N) is 1. The summed E-state index contributed by atoms with van der Waals surface area (Å²) in [5.41, 5.74) is 5.56. The zero-order valence-electron chi connectivity index (χ0n) is 15.8. The van der Waals surface area contributed by atoms with Crippen LogP contribution in [0.25, 0.3) is 0 Å². The van der Waals surface area contributed by atoms with Crippen molar-refractivity contribution in [2.24, 2.45) is 5.92 Å². The lowest BCUT2D eigenvalue weighted by Crippen LogP contribution is -2.47. The van der Waals surface area contributed by atoms with E-state index in [1.165, 1.54) is 18.2 Å². The predicted molar refractivity (Wildman–Crippen MR) is 107 cm³/mol. The first-order valence-corrected chi connectivity index (χ1v) is 8.98. The molecule has 28 heavy (non-hydrogen) atoms. The molecule has 0 unspecified atom stereocenters. The zero-order valence-corrected chi connectivity index (χ0v) is 16.6. The topological polar surface area (TPSA) is 119 Å². The molecule has 1 heterocycles. The van der Waals surface area contributed by atoms with Gasteiger partial charge in [-0.05, 0) is 49.3 Å². The molecule has 0 aliphatic rings. The Hall–Kier alpha value is -3.14. The Morgan fingerprint density at radius 3 is 2.68 bits per heavy atom. The van der Waals surface area contributed by atoms with E-state index in [2.05, 4.69) is 16.2 Å². The van der Waals surface area contributed by atoms with E-state index >= 15 is 0 Å². The van der Waals surface area contributed by atoms with Crippen molar-refractivity contribution in [2.45, 2.75) is 27.4 Å². The molecule has 0 atom stereocenters. The lowest BCUT2D eigenvalue weighted by Gasteiger charge is -2.12. The van der Waals surface area contributed by atoms with Crippen molar-refractivity contribution in [3.05, 3.63) is 57.5 Å². The third kappa shape index (κ3) is 6.23. The first kappa shape index (κ1) is 21.2. The summed E-state index contributed by atoms with van der Waals surface area (Å²) in [6, 6.07) is 7.60. The van der Waals surface area contributed by atoms with Gasteiger partial charge in [-0.2, -0.15) is 0 Å². The van der Waals surface area contributed by atoms with Gasteiger partial charge in [-0.1, -0.05) is 13.8 Å². The van der Waals surface area contributed by atoms with E-state index < -0.39 is 10.8 Å². The minimum Gasteiger partial charge on any atom is -0.486 e. The first-order valence-electron chi connectivity index (χ1n) is 8.57. The smallest absolute Gasteiger partial charge is 0.305 e. The molecule has 0 saturated heterocycles. The van der Waals surface area contributed by atoms with Gasteiger partial charge in [0, 0.05) is 18.2 Å². The summed E-state index contributed by atoms with van der Waals surface area (Å²) in [5.74, 6) is 0.932. The number of carbonyl (C=O) groups is 1. The molecule has 150 valence electrons. The highest BCUT2D eigenvalue weighted by Gasteiger charge is 2.13. The highest BCUT2D eigenvalue weighted by Crippen LogP contribution is 2.23. The van der Waals surface area contributed by atoms with Crippen molar-refractivity contribution in [3.8, 4) is 5.75 Å². The maximum absolute atomic E-state index is 12.1. The Morgan fingerprint density at radius 1 is 1.29 bits per heavy atom. The van der Waals surface area contributed by atoms with E-state index in [0.717, 1.165) is 0 Å². The number of carbonyl (C=O) groups excluding carboxylic acids is 1. The molecule has 0 aliphatic heterocycles. The third-order valence-electron chi connectivity index (χ3n) is 3.59. The number of nitro groups is 1. The van der Waals surface area contributed by atoms with Crippen molar-refractivity contribution in [1.82, 2.24) is 16.2 Å². The summed E-state index contributed by atoms with van der Waals surface area (Å²) >= 11 is 5.05. The minimum atomic E-state index is -0.480. The second-order valence-electron chi connectivity index (χ2n) is 6.44. The van der Waals surface area contributed by atoms with Gasteiger partial charge in [-0.25, -0.2) is 0 Å². The van der Waals surface area contributed by atoms with Crippen LogP contribution >= 0.6 is 12.2 Å². The Kier molecular flexibility index (Phi) is 7.33. The fraction of sp³-hybridized carbons (Fsp3) is 0.333. The minimum absolute atomic E-state index is 0.0256. The maximum atomic E-state index is 12.1. The van der Waals surface area contributed by atoms with Gasteiger partial charge in [-0.15, -0.1) is 0 Å². The average molecular weight is 406 g/mol. The van der Waals surface area contributed by atoms with Crippen LogP contribution in [0.1, 0.15) is 35.7 Å². The number of hydrogen-bond donors (Lipinski definition) is 3. The quantitative estimate of drug-likeness (QED) is 0.365. The molecule has 3 N–H and O–H groups in total. The van der Waals surface area contributed by atoms with Crippen molar-refractivity contribution < 1.29 is 18.9 Å². The van der Waals surface area contributed by atoms with Crippen LogP contribution in [0.4, 0.5) is 5.69 Å². The van der Waals surface area contributed by atoms with Crippen LogP contribution in [0.2, 0.25) is 0 Å². The van der Waals surface area contributed by atoms with Crippen LogP contribution in [-0.4, -0.2) is 22.5 Å². The van der Waals surface area contributed by atoms with Crippen molar-refractivity contribution >= 4 is 28.9 Å². The van der Waals surface area contributed by atoms with E-state index in [4.69, 9.17) is 21.4 Å². The summed E-state index contributed by atoms with van der Waals surface area (Å²) < 4.78 is 11.0. The van der Waals surface area contributed by atoms with Crippen LogP contribution in [0, 0.1) is 23.0 Å². The number of amides is 1. The Balaban J connectivity index is 1.85. The molecule has 10 heteroatoms. The number of nitrogens with one attached hydrogen (secondary N) is 3.